The fourth-order valence-electron chi connectivity index (χ4n) is 3.77. The molecular formula is C19H28N2O. The third kappa shape index (κ3) is 4.25. The Morgan fingerprint density at radius 2 is 1.68 bits per heavy atom. The molecule has 1 aliphatic heterocycles. The molecule has 0 bridgehead atoms. The normalized spacial score (nSPS) is 19.4. The second kappa shape index (κ2) is 7.66. The lowest BCUT2D eigenvalue weighted by atomic mass is 9.86. The highest BCUT2D eigenvalue weighted by Gasteiger charge is 2.15. The average Bonchev–Trinajstić information content (AvgIpc) is 3.09. The van der Waals surface area contributed by atoms with Gasteiger partial charge in [0.25, 0.3) is 0 Å². The quantitative estimate of drug-likeness (QED) is 0.863. The molecule has 1 heterocycles. The standard InChI is InChI=1S/C19H28N2O/c22-19(13-8-16-6-2-1-3-7-16)20-17-9-11-18(12-10-17)21-14-4-5-15-21/h9-12,16H,1-8,13-15H2,(H,20,22). The molecule has 2 aliphatic rings. The van der Waals surface area contributed by atoms with E-state index in [2.05, 4.69) is 22.3 Å². The maximum Gasteiger partial charge on any atom is 0.224 e. The first-order valence-electron chi connectivity index (χ1n) is 8.96. The van der Waals surface area contributed by atoms with Crippen LogP contribution in [0, 0.1) is 5.92 Å². The molecular weight excluding hydrogens is 272 g/mol. The van der Waals surface area contributed by atoms with Gasteiger partial charge in [-0.1, -0.05) is 32.1 Å². The lowest BCUT2D eigenvalue weighted by Gasteiger charge is -2.21. The zero-order valence-electron chi connectivity index (χ0n) is 13.5. The van der Waals surface area contributed by atoms with Crippen LogP contribution in [0.1, 0.15) is 57.8 Å². The lowest BCUT2D eigenvalue weighted by molar-refractivity contribution is -0.116. The minimum atomic E-state index is 0.166. The largest absolute Gasteiger partial charge is 0.372 e. The molecule has 0 spiro atoms. The second-order valence-corrected chi connectivity index (χ2v) is 6.83. The van der Waals surface area contributed by atoms with Gasteiger partial charge in [-0.15, -0.1) is 0 Å². The zero-order chi connectivity index (χ0) is 15.2. The van der Waals surface area contributed by atoms with Gasteiger partial charge in [-0.05, 0) is 49.4 Å². The van der Waals surface area contributed by atoms with Gasteiger partial charge in [-0.3, -0.25) is 4.79 Å². The third-order valence-corrected chi connectivity index (χ3v) is 5.13. The zero-order valence-corrected chi connectivity index (χ0v) is 13.5. The fourth-order valence-corrected chi connectivity index (χ4v) is 3.77. The van der Waals surface area contributed by atoms with Crippen molar-refractivity contribution in [3.05, 3.63) is 24.3 Å². The van der Waals surface area contributed by atoms with E-state index in [0.29, 0.717) is 6.42 Å². The van der Waals surface area contributed by atoms with Crippen molar-refractivity contribution in [3.63, 3.8) is 0 Å². The molecule has 1 saturated carbocycles. The van der Waals surface area contributed by atoms with Crippen molar-refractivity contribution in [1.29, 1.82) is 0 Å². The first kappa shape index (κ1) is 15.4. The Morgan fingerprint density at radius 1 is 1.00 bits per heavy atom. The summed E-state index contributed by atoms with van der Waals surface area (Å²) in [6, 6.07) is 8.32. The molecule has 1 aliphatic carbocycles. The molecule has 1 N–H and O–H groups in total. The Bertz CT molecular complexity index is 471. The summed E-state index contributed by atoms with van der Waals surface area (Å²) in [5.74, 6) is 0.941. The summed E-state index contributed by atoms with van der Waals surface area (Å²) in [5.41, 5.74) is 2.20. The molecule has 22 heavy (non-hydrogen) atoms. The first-order chi connectivity index (χ1) is 10.8. The van der Waals surface area contributed by atoms with Crippen LogP contribution in [0.3, 0.4) is 0 Å². The highest BCUT2D eigenvalue weighted by Crippen LogP contribution is 2.27. The Kier molecular flexibility index (Phi) is 5.36. The van der Waals surface area contributed by atoms with Crippen molar-refractivity contribution in [1.82, 2.24) is 0 Å². The van der Waals surface area contributed by atoms with Gasteiger partial charge in [0.1, 0.15) is 0 Å². The lowest BCUT2D eigenvalue weighted by Crippen LogP contribution is -2.17. The van der Waals surface area contributed by atoms with E-state index in [9.17, 15) is 4.79 Å². The van der Waals surface area contributed by atoms with Crippen LogP contribution in [0.5, 0.6) is 0 Å². The van der Waals surface area contributed by atoms with E-state index in [1.165, 1.54) is 50.6 Å². The molecule has 0 unspecified atom stereocenters. The predicted octanol–water partition coefficient (Wildman–Crippen LogP) is 4.59. The van der Waals surface area contributed by atoms with E-state index in [1.807, 2.05) is 12.1 Å². The number of hydrogen-bond acceptors (Lipinski definition) is 2. The molecule has 1 aromatic carbocycles. The van der Waals surface area contributed by atoms with E-state index in [1.54, 1.807) is 0 Å². The summed E-state index contributed by atoms with van der Waals surface area (Å²) < 4.78 is 0. The van der Waals surface area contributed by atoms with Crippen molar-refractivity contribution in [2.45, 2.75) is 57.8 Å². The van der Waals surface area contributed by atoms with Crippen LogP contribution in [0.4, 0.5) is 11.4 Å². The summed E-state index contributed by atoms with van der Waals surface area (Å²) in [6.45, 7) is 2.32. The van der Waals surface area contributed by atoms with E-state index in [4.69, 9.17) is 0 Å². The summed E-state index contributed by atoms with van der Waals surface area (Å²) in [6.07, 6.45) is 11.0. The molecule has 0 radical (unpaired) electrons. The predicted molar refractivity (Wildman–Crippen MR) is 92.3 cm³/mol. The van der Waals surface area contributed by atoms with Gasteiger partial charge in [0.2, 0.25) is 5.91 Å². The number of nitrogens with zero attached hydrogens (tertiary/aromatic N) is 1. The number of benzene rings is 1. The van der Waals surface area contributed by atoms with Gasteiger partial charge >= 0.3 is 0 Å². The number of carbonyl (C=O) groups is 1. The van der Waals surface area contributed by atoms with Crippen molar-refractivity contribution < 1.29 is 4.79 Å². The Balaban J connectivity index is 1.44. The number of hydrogen-bond donors (Lipinski definition) is 1. The molecule has 1 saturated heterocycles. The van der Waals surface area contributed by atoms with Crippen LogP contribution in [0.15, 0.2) is 24.3 Å². The van der Waals surface area contributed by atoms with Crippen LogP contribution < -0.4 is 10.2 Å². The minimum Gasteiger partial charge on any atom is -0.372 e. The van der Waals surface area contributed by atoms with Gasteiger partial charge in [0.05, 0.1) is 0 Å². The van der Waals surface area contributed by atoms with Crippen molar-refractivity contribution in [3.8, 4) is 0 Å². The minimum absolute atomic E-state index is 0.166. The average molecular weight is 300 g/mol. The van der Waals surface area contributed by atoms with Crippen LogP contribution >= 0.6 is 0 Å². The topological polar surface area (TPSA) is 32.3 Å². The highest BCUT2D eigenvalue weighted by atomic mass is 16.1. The molecule has 1 amide bonds. The number of amides is 1. The van der Waals surface area contributed by atoms with Crippen LogP contribution in [0.25, 0.3) is 0 Å². The summed E-state index contributed by atoms with van der Waals surface area (Å²) in [7, 11) is 0. The monoisotopic (exact) mass is 300 g/mol. The van der Waals surface area contributed by atoms with Gasteiger partial charge in [0, 0.05) is 30.9 Å². The van der Waals surface area contributed by atoms with Crippen LogP contribution in [-0.4, -0.2) is 19.0 Å². The van der Waals surface area contributed by atoms with Crippen LogP contribution in [-0.2, 0) is 4.79 Å². The third-order valence-electron chi connectivity index (χ3n) is 5.13. The van der Waals surface area contributed by atoms with E-state index in [0.717, 1.165) is 31.1 Å². The molecule has 3 rings (SSSR count). The maximum absolute atomic E-state index is 12.1. The highest BCUT2D eigenvalue weighted by molar-refractivity contribution is 5.90. The van der Waals surface area contributed by atoms with Gasteiger partial charge in [0.15, 0.2) is 0 Å². The SMILES string of the molecule is O=C(CCC1CCCCC1)Nc1ccc(N2CCCC2)cc1. The van der Waals surface area contributed by atoms with E-state index < -0.39 is 0 Å². The fraction of sp³-hybridized carbons (Fsp3) is 0.632. The smallest absolute Gasteiger partial charge is 0.224 e. The summed E-state index contributed by atoms with van der Waals surface area (Å²) >= 11 is 0. The van der Waals surface area contributed by atoms with Crippen molar-refractivity contribution >= 4 is 17.3 Å². The van der Waals surface area contributed by atoms with Crippen molar-refractivity contribution in [2.75, 3.05) is 23.3 Å². The van der Waals surface area contributed by atoms with Gasteiger partial charge < -0.3 is 10.2 Å². The number of nitrogens with one attached hydrogen (secondary N) is 1. The molecule has 3 heteroatoms. The number of anilines is 2. The Labute approximate surface area is 134 Å². The van der Waals surface area contributed by atoms with Gasteiger partial charge in [-0.25, -0.2) is 0 Å². The summed E-state index contributed by atoms with van der Waals surface area (Å²) in [4.78, 5) is 14.5. The molecule has 3 nitrogen and oxygen atoms in total. The van der Waals surface area contributed by atoms with Crippen LogP contribution in [0.2, 0.25) is 0 Å². The molecule has 0 atom stereocenters. The summed E-state index contributed by atoms with van der Waals surface area (Å²) in [5, 5.41) is 3.04. The van der Waals surface area contributed by atoms with Gasteiger partial charge in [-0.2, -0.15) is 0 Å². The molecule has 2 fully saturated rings. The first-order valence-corrected chi connectivity index (χ1v) is 8.96. The Hall–Kier alpha value is -1.51. The molecule has 120 valence electrons. The van der Waals surface area contributed by atoms with Crippen molar-refractivity contribution in [2.24, 2.45) is 5.92 Å². The van der Waals surface area contributed by atoms with E-state index >= 15 is 0 Å². The second-order valence-electron chi connectivity index (χ2n) is 6.83. The molecule has 1 aromatic rings. The maximum atomic E-state index is 12.1. The Morgan fingerprint density at radius 3 is 2.36 bits per heavy atom. The van der Waals surface area contributed by atoms with E-state index in [-0.39, 0.29) is 5.91 Å². The number of carbonyl (C=O) groups excluding carboxylic acids is 1. The molecule has 0 aromatic heterocycles. The number of rotatable bonds is 5.